The van der Waals surface area contributed by atoms with Gasteiger partial charge >= 0.3 is 0 Å². The molecule has 0 unspecified atom stereocenters. The third kappa shape index (κ3) is 3.54. The van der Waals surface area contributed by atoms with Gasteiger partial charge in [0.25, 0.3) is 0 Å². The van der Waals surface area contributed by atoms with Gasteiger partial charge < -0.3 is 14.5 Å². The smallest absolute Gasteiger partial charge is 0.242 e. The Labute approximate surface area is 116 Å². The lowest BCUT2D eigenvalue weighted by molar-refractivity contribution is -0.134. The summed E-state index contributed by atoms with van der Waals surface area (Å²) in [6.07, 6.45) is 0. The van der Waals surface area contributed by atoms with Gasteiger partial charge in [-0.05, 0) is 18.2 Å². The average Bonchev–Trinajstić information content (AvgIpc) is 2.45. The van der Waals surface area contributed by atoms with E-state index in [4.69, 9.17) is 4.74 Å². The van der Waals surface area contributed by atoms with Crippen molar-refractivity contribution in [2.24, 2.45) is 0 Å². The first kappa shape index (κ1) is 14.5. The lowest BCUT2D eigenvalue weighted by atomic mass is 10.2. The topological polar surface area (TPSA) is 49.9 Å². The van der Waals surface area contributed by atoms with E-state index in [1.807, 2.05) is 0 Å². The summed E-state index contributed by atoms with van der Waals surface area (Å²) in [6, 6.07) is 5.66. The molecule has 0 N–H and O–H groups in total. The number of carbonyl (C=O) groups is 2. The van der Waals surface area contributed by atoms with Crippen molar-refractivity contribution in [3.05, 3.63) is 30.1 Å². The standard InChI is InChI=1S/C14H17FN2O3/c1-11(18)17(13-4-2-3-12(15)9-13)10-14(19)16-5-7-20-8-6-16/h2-4,9H,5-8,10H2,1H3. The number of carbonyl (C=O) groups excluding carboxylic acids is 2. The van der Waals surface area contributed by atoms with Crippen molar-refractivity contribution in [3.8, 4) is 0 Å². The average molecular weight is 280 g/mol. The molecule has 0 atom stereocenters. The minimum absolute atomic E-state index is 0.0845. The van der Waals surface area contributed by atoms with E-state index >= 15 is 0 Å². The van der Waals surface area contributed by atoms with E-state index in [9.17, 15) is 14.0 Å². The second-order valence-corrected chi connectivity index (χ2v) is 4.58. The van der Waals surface area contributed by atoms with Gasteiger partial charge in [0.15, 0.2) is 0 Å². The number of benzene rings is 1. The van der Waals surface area contributed by atoms with Crippen molar-refractivity contribution in [2.75, 3.05) is 37.7 Å². The molecule has 0 bridgehead atoms. The summed E-state index contributed by atoms with van der Waals surface area (Å²) in [5.41, 5.74) is 0.388. The van der Waals surface area contributed by atoms with Crippen molar-refractivity contribution >= 4 is 17.5 Å². The highest BCUT2D eigenvalue weighted by molar-refractivity contribution is 5.97. The molecular weight excluding hydrogens is 263 g/mol. The van der Waals surface area contributed by atoms with Crippen LogP contribution in [0.4, 0.5) is 10.1 Å². The van der Waals surface area contributed by atoms with Gasteiger partial charge in [-0.2, -0.15) is 0 Å². The molecule has 2 amide bonds. The summed E-state index contributed by atoms with van der Waals surface area (Å²) in [5, 5.41) is 0. The molecule has 5 nitrogen and oxygen atoms in total. The maximum Gasteiger partial charge on any atom is 0.242 e. The van der Waals surface area contributed by atoms with Gasteiger partial charge in [-0.1, -0.05) is 6.07 Å². The molecular formula is C14H17FN2O3. The Balaban J connectivity index is 2.09. The number of hydrogen-bond acceptors (Lipinski definition) is 3. The van der Waals surface area contributed by atoms with E-state index < -0.39 is 5.82 Å². The first-order chi connectivity index (χ1) is 9.58. The van der Waals surface area contributed by atoms with Crippen LogP contribution in [-0.2, 0) is 14.3 Å². The van der Waals surface area contributed by atoms with Gasteiger partial charge in [0.05, 0.1) is 13.2 Å². The van der Waals surface area contributed by atoms with Crippen LogP contribution in [0.25, 0.3) is 0 Å². The molecule has 1 aromatic carbocycles. The van der Waals surface area contributed by atoms with Gasteiger partial charge in [-0.3, -0.25) is 9.59 Å². The Morgan fingerprint density at radius 3 is 2.65 bits per heavy atom. The SMILES string of the molecule is CC(=O)N(CC(=O)N1CCOCC1)c1cccc(F)c1. The lowest BCUT2D eigenvalue weighted by Gasteiger charge is -2.29. The zero-order valence-corrected chi connectivity index (χ0v) is 11.3. The second-order valence-electron chi connectivity index (χ2n) is 4.58. The number of amides is 2. The maximum atomic E-state index is 13.2. The van der Waals surface area contributed by atoms with Crippen molar-refractivity contribution in [1.29, 1.82) is 0 Å². The number of nitrogens with zero attached hydrogens (tertiary/aromatic N) is 2. The van der Waals surface area contributed by atoms with Crippen LogP contribution in [0.3, 0.4) is 0 Å². The van der Waals surface area contributed by atoms with Crippen LogP contribution in [0.5, 0.6) is 0 Å². The van der Waals surface area contributed by atoms with Crippen LogP contribution < -0.4 is 4.90 Å². The molecule has 1 aromatic rings. The number of hydrogen-bond donors (Lipinski definition) is 0. The van der Waals surface area contributed by atoms with Gasteiger partial charge in [0, 0.05) is 25.7 Å². The summed E-state index contributed by atoms with van der Waals surface area (Å²) in [4.78, 5) is 26.8. The highest BCUT2D eigenvalue weighted by atomic mass is 19.1. The van der Waals surface area contributed by atoms with E-state index in [2.05, 4.69) is 0 Å². The molecule has 0 saturated carbocycles. The summed E-state index contributed by atoms with van der Waals surface area (Å²) in [5.74, 6) is -0.891. The predicted octanol–water partition coefficient (Wildman–Crippen LogP) is 1.04. The molecule has 0 spiro atoms. The summed E-state index contributed by atoms with van der Waals surface area (Å²) < 4.78 is 18.4. The molecule has 1 heterocycles. The Bertz CT molecular complexity index is 501. The van der Waals surface area contributed by atoms with E-state index in [0.717, 1.165) is 0 Å². The molecule has 1 saturated heterocycles. The van der Waals surface area contributed by atoms with Crippen molar-refractivity contribution in [2.45, 2.75) is 6.92 Å². The largest absolute Gasteiger partial charge is 0.378 e. The zero-order chi connectivity index (χ0) is 14.5. The molecule has 2 rings (SSSR count). The molecule has 1 aliphatic rings. The third-order valence-electron chi connectivity index (χ3n) is 3.16. The quantitative estimate of drug-likeness (QED) is 0.831. The minimum atomic E-state index is -0.437. The zero-order valence-electron chi connectivity index (χ0n) is 11.3. The lowest BCUT2D eigenvalue weighted by Crippen LogP contribution is -2.46. The Morgan fingerprint density at radius 1 is 1.35 bits per heavy atom. The highest BCUT2D eigenvalue weighted by Crippen LogP contribution is 2.16. The van der Waals surface area contributed by atoms with Gasteiger partial charge in [0.1, 0.15) is 12.4 Å². The first-order valence-electron chi connectivity index (χ1n) is 6.47. The van der Waals surface area contributed by atoms with E-state index in [0.29, 0.717) is 32.0 Å². The molecule has 108 valence electrons. The Hall–Kier alpha value is -1.95. The van der Waals surface area contributed by atoms with Crippen LogP contribution in [0, 0.1) is 5.82 Å². The van der Waals surface area contributed by atoms with Crippen LogP contribution in [-0.4, -0.2) is 49.6 Å². The van der Waals surface area contributed by atoms with E-state index in [1.54, 1.807) is 11.0 Å². The van der Waals surface area contributed by atoms with E-state index in [1.165, 1.54) is 30.0 Å². The van der Waals surface area contributed by atoms with Crippen molar-refractivity contribution < 1.29 is 18.7 Å². The molecule has 1 aliphatic heterocycles. The van der Waals surface area contributed by atoms with Gasteiger partial charge in [-0.25, -0.2) is 4.39 Å². The van der Waals surface area contributed by atoms with Crippen LogP contribution >= 0.6 is 0 Å². The number of rotatable bonds is 3. The van der Waals surface area contributed by atoms with Crippen molar-refractivity contribution in [3.63, 3.8) is 0 Å². The molecule has 0 aliphatic carbocycles. The molecule has 6 heteroatoms. The Kier molecular flexibility index (Phi) is 4.68. The van der Waals surface area contributed by atoms with Crippen LogP contribution in [0.15, 0.2) is 24.3 Å². The molecule has 1 fully saturated rings. The summed E-state index contributed by atoms with van der Waals surface area (Å²) in [7, 11) is 0. The van der Waals surface area contributed by atoms with Gasteiger partial charge in [0.2, 0.25) is 11.8 Å². The third-order valence-corrected chi connectivity index (χ3v) is 3.16. The maximum absolute atomic E-state index is 13.2. The number of ether oxygens (including phenoxy) is 1. The second kappa shape index (κ2) is 6.47. The number of anilines is 1. The monoisotopic (exact) mass is 280 g/mol. The Morgan fingerprint density at radius 2 is 2.05 bits per heavy atom. The fraction of sp³-hybridized carbons (Fsp3) is 0.429. The molecule has 0 aromatic heterocycles. The predicted molar refractivity (Wildman–Crippen MR) is 71.8 cm³/mol. The van der Waals surface area contributed by atoms with E-state index in [-0.39, 0.29) is 18.4 Å². The number of halogens is 1. The first-order valence-corrected chi connectivity index (χ1v) is 6.47. The molecule has 20 heavy (non-hydrogen) atoms. The summed E-state index contributed by atoms with van der Waals surface area (Å²) >= 11 is 0. The molecule has 0 radical (unpaired) electrons. The summed E-state index contributed by atoms with van der Waals surface area (Å²) in [6.45, 7) is 3.33. The van der Waals surface area contributed by atoms with Crippen LogP contribution in [0.2, 0.25) is 0 Å². The minimum Gasteiger partial charge on any atom is -0.378 e. The van der Waals surface area contributed by atoms with Gasteiger partial charge in [-0.15, -0.1) is 0 Å². The van der Waals surface area contributed by atoms with Crippen molar-refractivity contribution in [1.82, 2.24) is 4.90 Å². The fourth-order valence-corrected chi connectivity index (χ4v) is 2.08. The fourth-order valence-electron chi connectivity index (χ4n) is 2.08. The van der Waals surface area contributed by atoms with Crippen LogP contribution in [0.1, 0.15) is 6.92 Å². The number of morpholine rings is 1. The highest BCUT2D eigenvalue weighted by Gasteiger charge is 2.22. The normalized spacial score (nSPS) is 15.0.